The van der Waals surface area contributed by atoms with Crippen LogP contribution in [0.4, 0.5) is 0 Å². The molecular formula is C9H9N3O2. The van der Waals surface area contributed by atoms with Crippen molar-refractivity contribution in [2.45, 2.75) is 0 Å². The summed E-state index contributed by atoms with van der Waals surface area (Å²) in [5.74, 6) is -0.221. The van der Waals surface area contributed by atoms with Crippen LogP contribution in [0.3, 0.4) is 0 Å². The zero-order chi connectivity index (χ0) is 9.97. The van der Waals surface area contributed by atoms with E-state index in [0.717, 1.165) is 0 Å². The Balaban J connectivity index is 2.47. The Morgan fingerprint density at radius 2 is 2.29 bits per heavy atom. The molecule has 0 aliphatic carbocycles. The van der Waals surface area contributed by atoms with Gasteiger partial charge in [-0.2, -0.15) is 4.68 Å². The molecule has 0 aliphatic heterocycles. The van der Waals surface area contributed by atoms with Crippen molar-refractivity contribution >= 4 is 16.9 Å². The zero-order valence-corrected chi connectivity index (χ0v) is 7.67. The monoisotopic (exact) mass is 191 g/mol. The molecule has 0 radical (unpaired) electrons. The summed E-state index contributed by atoms with van der Waals surface area (Å²) in [6, 6.07) is 7.28. The van der Waals surface area contributed by atoms with E-state index < -0.39 is 0 Å². The summed E-state index contributed by atoms with van der Waals surface area (Å²) in [5, 5.41) is 7.61. The molecule has 72 valence electrons. The molecule has 0 N–H and O–H groups in total. The van der Waals surface area contributed by atoms with Crippen LogP contribution >= 0.6 is 0 Å². The summed E-state index contributed by atoms with van der Waals surface area (Å²) in [4.78, 5) is 11.5. The lowest BCUT2D eigenvalue weighted by Crippen LogP contribution is -2.17. The number of para-hydroxylation sites is 1. The first-order chi connectivity index (χ1) is 6.83. The van der Waals surface area contributed by atoms with Gasteiger partial charge in [0.15, 0.2) is 0 Å². The minimum atomic E-state index is -0.221. The Morgan fingerprint density at radius 1 is 1.50 bits per heavy atom. The summed E-state index contributed by atoms with van der Waals surface area (Å²) >= 11 is 0. The van der Waals surface area contributed by atoms with E-state index in [1.807, 2.05) is 12.1 Å². The lowest BCUT2D eigenvalue weighted by molar-refractivity contribution is 0.0748. The van der Waals surface area contributed by atoms with Crippen LogP contribution in [-0.2, 0) is 4.74 Å². The summed E-state index contributed by atoms with van der Waals surface area (Å²) in [6.45, 7) is 0.00730. The van der Waals surface area contributed by atoms with Crippen molar-refractivity contribution < 1.29 is 9.53 Å². The van der Waals surface area contributed by atoms with E-state index in [9.17, 15) is 4.79 Å². The highest BCUT2D eigenvalue weighted by Gasteiger charge is 2.10. The molecule has 0 amide bonds. The average Bonchev–Trinajstić information content (AvgIpc) is 2.61. The first-order valence-corrected chi connectivity index (χ1v) is 4.15. The van der Waals surface area contributed by atoms with E-state index in [2.05, 4.69) is 10.3 Å². The Labute approximate surface area is 80.3 Å². The van der Waals surface area contributed by atoms with Gasteiger partial charge in [-0.05, 0) is 12.1 Å². The molecule has 0 fully saturated rings. The maximum atomic E-state index is 11.5. The molecule has 1 heterocycles. The number of benzene rings is 1. The molecule has 5 nitrogen and oxygen atoms in total. The minimum absolute atomic E-state index is 0.00730. The fourth-order valence-electron chi connectivity index (χ4n) is 1.24. The number of fused-ring (bicyclic) bond motifs is 1. The summed E-state index contributed by atoms with van der Waals surface area (Å²) in [5.41, 5.74) is 1.41. The number of hydrogen-bond donors (Lipinski definition) is 0. The molecule has 0 bridgehead atoms. The molecule has 0 aliphatic rings. The van der Waals surface area contributed by atoms with Gasteiger partial charge in [0.25, 0.3) is 5.91 Å². The van der Waals surface area contributed by atoms with Gasteiger partial charge in [-0.15, -0.1) is 5.10 Å². The van der Waals surface area contributed by atoms with Gasteiger partial charge in [-0.25, -0.2) is 0 Å². The molecule has 0 spiro atoms. The molecule has 14 heavy (non-hydrogen) atoms. The standard InChI is InChI=1S/C9H9N3O2/c1-14-6-9(13)12-8-5-3-2-4-7(8)10-11-12/h2-5H,6H2,1H3. The van der Waals surface area contributed by atoms with Gasteiger partial charge in [0.1, 0.15) is 12.1 Å². The Bertz CT molecular complexity index is 464. The number of rotatable bonds is 2. The average molecular weight is 191 g/mol. The quantitative estimate of drug-likeness (QED) is 0.701. The predicted octanol–water partition coefficient (Wildman–Crippen LogP) is 0.718. The van der Waals surface area contributed by atoms with E-state index in [1.54, 1.807) is 12.1 Å². The van der Waals surface area contributed by atoms with Gasteiger partial charge in [-0.1, -0.05) is 17.3 Å². The molecule has 0 atom stereocenters. The third-order valence-corrected chi connectivity index (χ3v) is 1.86. The fraction of sp³-hybridized carbons (Fsp3) is 0.222. The van der Waals surface area contributed by atoms with Crippen LogP contribution in [0.25, 0.3) is 11.0 Å². The van der Waals surface area contributed by atoms with E-state index in [4.69, 9.17) is 4.74 Å². The summed E-state index contributed by atoms with van der Waals surface area (Å²) in [6.07, 6.45) is 0. The van der Waals surface area contributed by atoms with Crippen molar-refractivity contribution in [1.29, 1.82) is 0 Å². The number of hydrogen-bond acceptors (Lipinski definition) is 4. The second-order valence-electron chi connectivity index (χ2n) is 2.82. The van der Waals surface area contributed by atoms with E-state index in [-0.39, 0.29) is 12.5 Å². The van der Waals surface area contributed by atoms with Crippen LogP contribution < -0.4 is 0 Å². The smallest absolute Gasteiger partial charge is 0.274 e. The molecule has 1 aromatic heterocycles. The normalized spacial score (nSPS) is 10.6. The Kier molecular flexibility index (Phi) is 2.24. The van der Waals surface area contributed by atoms with Crippen LogP contribution in [0.15, 0.2) is 24.3 Å². The lowest BCUT2D eigenvalue weighted by Gasteiger charge is -1.98. The lowest BCUT2D eigenvalue weighted by atomic mass is 10.3. The summed E-state index contributed by atoms with van der Waals surface area (Å²) in [7, 11) is 1.47. The predicted molar refractivity (Wildman–Crippen MR) is 50.0 cm³/mol. The second kappa shape index (κ2) is 3.55. The molecule has 1 aromatic carbocycles. The molecular weight excluding hydrogens is 182 g/mol. The minimum Gasteiger partial charge on any atom is -0.375 e. The van der Waals surface area contributed by atoms with Gasteiger partial charge >= 0.3 is 0 Å². The molecule has 0 saturated heterocycles. The van der Waals surface area contributed by atoms with Gasteiger partial charge < -0.3 is 4.74 Å². The Hall–Kier alpha value is -1.75. The molecule has 0 unspecified atom stereocenters. The van der Waals surface area contributed by atoms with Crippen molar-refractivity contribution in [2.75, 3.05) is 13.7 Å². The second-order valence-corrected chi connectivity index (χ2v) is 2.82. The highest BCUT2D eigenvalue weighted by molar-refractivity contribution is 5.89. The van der Waals surface area contributed by atoms with Crippen LogP contribution in [0.1, 0.15) is 4.79 Å². The third kappa shape index (κ3) is 1.38. The van der Waals surface area contributed by atoms with Crippen LogP contribution in [-0.4, -0.2) is 34.6 Å². The molecule has 2 aromatic rings. The number of methoxy groups -OCH3 is 1. The van der Waals surface area contributed by atoms with E-state index >= 15 is 0 Å². The topological polar surface area (TPSA) is 57.0 Å². The zero-order valence-electron chi connectivity index (χ0n) is 7.67. The van der Waals surface area contributed by atoms with E-state index in [1.165, 1.54) is 11.8 Å². The van der Waals surface area contributed by atoms with Crippen LogP contribution in [0.5, 0.6) is 0 Å². The molecule has 5 heteroatoms. The number of carbonyl (C=O) groups excluding carboxylic acids is 1. The van der Waals surface area contributed by atoms with Crippen LogP contribution in [0.2, 0.25) is 0 Å². The number of ether oxygens (including phenoxy) is 1. The third-order valence-electron chi connectivity index (χ3n) is 1.86. The number of aromatic nitrogens is 3. The van der Waals surface area contributed by atoms with Gasteiger partial charge in [-0.3, -0.25) is 4.79 Å². The van der Waals surface area contributed by atoms with E-state index in [0.29, 0.717) is 11.0 Å². The maximum absolute atomic E-state index is 11.5. The van der Waals surface area contributed by atoms with Crippen LogP contribution in [0, 0.1) is 0 Å². The first kappa shape index (κ1) is 8.83. The van der Waals surface area contributed by atoms with Crippen molar-refractivity contribution in [3.05, 3.63) is 24.3 Å². The van der Waals surface area contributed by atoms with Crippen molar-refractivity contribution in [1.82, 2.24) is 15.0 Å². The largest absolute Gasteiger partial charge is 0.375 e. The summed E-state index contributed by atoms with van der Waals surface area (Å²) < 4.78 is 5.99. The fourth-order valence-corrected chi connectivity index (χ4v) is 1.24. The van der Waals surface area contributed by atoms with Crippen molar-refractivity contribution in [3.8, 4) is 0 Å². The number of nitrogens with zero attached hydrogens (tertiary/aromatic N) is 3. The highest BCUT2D eigenvalue weighted by atomic mass is 16.5. The maximum Gasteiger partial charge on any atom is 0.274 e. The Morgan fingerprint density at radius 3 is 3.07 bits per heavy atom. The highest BCUT2D eigenvalue weighted by Crippen LogP contribution is 2.08. The SMILES string of the molecule is COCC(=O)n1nnc2ccccc21. The number of carbonyl (C=O) groups is 1. The van der Waals surface area contributed by atoms with Crippen molar-refractivity contribution in [2.24, 2.45) is 0 Å². The van der Waals surface area contributed by atoms with Gasteiger partial charge in [0.2, 0.25) is 0 Å². The molecule has 0 saturated carbocycles. The first-order valence-electron chi connectivity index (χ1n) is 4.15. The van der Waals surface area contributed by atoms with Crippen molar-refractivity contribution in [3.63, 3.8) is 0 Å². The van der Waals surface area contributed by atoms with Gasteiger partial charge in [0, 0.05) is 7.11 Å². The van der Waals surface area contributed by atoms with Gasteiger partial charge in [0.05, 0.1) is 5.52 Å². The molecule has 2 rings (SSSR count).